The number of halogens is 3. The summed E-state index contributed by atoms with van der Waals surface area (Å²) in [6, 6.07) is 5.58. The molecule has 1 aromatic rings. The number of alkyl halides is 3. The van der Waals surface area contributed by atoms with Gasteiger partial charge in [-0.05, 0) is 30.9 Å². The van der Waals surface area contributed by atoms with Crippen molar-refractivity contribution in [2.24, 2.45) is 0 Å². The summed E-state index contributed by atoms with van der Waals surface area (Å²) in [7, 11) is 1.25. The second-order valence-corrected chi connectivity index (χ2v) is 7.20. The van der Waals surface area contributed by atoms with Crippen LogP contribution in [-0.2, 0) is 25.9 Å². The summed E-state index contributed by atoms with van der Waals surface area (Å²) in [5.74, 6) is 0. The first-order valence-corrected chi connectivity index (χ1v) is 9.22. The predicted octanol–water partition coefficient (Wildman–Crippen LogP) is 4.23. The molecule has 23 heavy (non-hydrogen) atoms. The zero-order chi connectivity index (χ0) is 17.1. The molecule has 1 rings (SSSR count). The van der Waals surface area contributed by atoms with Crippen LogP contribution in [0.4, 0.5) is 13.2 Å². The Morgan fingerprint density at radius 1 is 0.957 bits per heavy atom. The molecule has 0 amide bonds. The molecule has 0 aliphatic rings. The topological polar surface area (TPSA) is 27.7 Å². The molecule has 0 N–H and O–H groups in total. The molecule has 0 radical (unpaired) electrons. The van der Waals surface area contributed by atoms with Gasteiger partial charge in [-0.25, -0.2) is 0 Å². The average Bonchev–Trinajstić information content (AvgIpc) is 2.53. The third-order valence-corrected chi connectivity index (χ3v) is 4.78. The molecule has 0 spiro atoms. The maximum Gasteiger partial charge on any atom is 0.483 e. The molecule has 7 heteroatoms. The van der Waals surface area contributed by atoms with E-state index < -0.39 is 21.3 Å². The van der Waals surface area contributed by atoms with E-state index in [2.05, 4.69) is 0 Å². The molecular formula is C16H25F3O3Si. The van der Waals surface area contributed by atoms with Crippen LogP contribution in [0.5, 0.6) is 0 Å². The van der Waals surface area contributed by atoms with Gasteiger partial charge in [-0.15, -0.1) is 0 Å². The minimum atomic E-state index is -4.26. The fraction of sp³-hybridized carbons (Fsp3) is 0.625. The first-order chi connectivity index (χ1) is 11.0. The van der Waals surface area contributed by atoms with E-state index in [4.69, 9.17) is 13.3 Å². The van der Waals surface area contributed by atoms with Gasteiger partial charge in [-0.2, -0.15) is 13.2 Å². The lowest BCUT2D eigenvalue weighted by Crippen LogP contribution is -2.24. The molecule has 0 fully saturated rings. The predicted molar refractivity (Wildman–Crippen MR) is 85.4 cm³/mol. The minimum absolute atomic E-state index is 0.567. The lowest BCUT2D eigenvalue weighted by atomic mass is 10.0. The van der Waals surface area contributed by atoms with Crippen LogP contribution in [0.1, 0.15) is 43.2 Å². The molecule has 0 aliphatic carbocycles. The zero-order valence-corrected chi connectivity index (χ0v) is 14.8. The van der Waals surface area contributed by atoms with Crippen molar-refractivity contribution in [3.8, 4) is 0 Å². The molecule has 0 aliphatic heterocycles. The monoisotopic (exact) mass is 350 g/mol. The van der Waals surface area contributed by atoms with Crippen LogP contribution >= 0.6 is 0 Å². The van der Waals surface area contributed by atoms with Crippen molar-refractivity contribution in [3.63, 3.8) is 0 Å². The van der Waals surface area contributed by atoms with Crippen LogP contribution in [0.15, 0.2) is 24.3 Å². The summed E-state index contributed by atoms with van der Waals surface area (Å²) < 4.78 is 53.4. The van der Waals surface area contributed by atoms with Crippen LogP contribution in [0.2, 0.25) is 0 Å². The summed E-state index contributed by atoms with van der Waals surface area (Å²) in [5.41, 5.74) is 0.180. The maximum absolute atomic E-state index is 12.6. The van der Waals surface area contributed by atoms with Gasteiger partial charge >= 0.3 is 15.7 Å². The van der Waals surface area contributed by atoms with Crippen molar-refractivity contribution in [1.29, 1.82) is 0 Å². The van der Waals surface area contributed by atoms with E-state index in [0.29, 0.717) is 13.0 Å². The zero-order valence-electron chi connectivity index (χ0n) is 13.7. The Morgan fingerprint density at radius 2 is 1.61 bits per heavy atom. The van der Waals surface area contributed by atoms with Gasteiger partial charge < -0.3 is 13.3 Å². The second kappa shape index (κ2) is 10.8. The molecule has 132 valence electrons. The van der Waals surface area contributed by atoms with E-state index in [1.54, 1.807) is 20.3 Å². The molecule has 1 aromatic carbocycles. The van der Waals surface area contributed by atoms with Gasteiger partial charge in [0.25, 0.3) is 0 Å². The fourth-order valence-corrected chi connectivity index (χ4v) is 3.10. The van der Waals surface area contributed by atoms with E-state index >= 15 is 0 Å². The molecule has 3 nitrogen and oxygen atoms in total. The standard InChI is InChI=1S/C16H25F3O3Si/c1-20-23(21-2)22-12-7-5-3-4-6-9-14-10-8-11-15(13-14)16(17,18)19/h8,10-11,13,23H,3-7,9,12H2,1-2H3. The minimum Gasteiger partial charge on any atom is -0.379 e. The largest absolute Gasteiger partial charge is 0.483 e. The highest BCUT2D eigenvalue weighted by atomic mass is 28.3. The fourth-order valence-electron chi connectivity index (χ4n) is 2.28. The summed E-state index contributed by atoms with van der Waals surface area (Å²) >= 11 is 0. The maximum atomic E-state index is 12.6. The molecule has 0 aromatic heterocycles. The Balaban J connectivity index is 2.12. The molecule has 0 saturated heterocycles. The number of hydrogen-bond acceptors (Lipinski definition) is 3. The molecule has 0 unspecified atom stereocenters. The summed E-state index contributed by atoms with van der Waals surface area (Å²) in [5, 5.41) is 0. The van der Waals surface area contributed by atoms with Crippen molar-refractivity contribution in [2.45, 2.75) is 44.7 Å². The third-order valence-electron chi connectivity index (χ3n) is 3.50. The van der Waals surface area contributed by atoms with Gasteiger partial charge in [0.15, 0.2) is 0 Å². The molecule has 0 atom stereocenters. The van der Waals surface area contributed by atoms with Crippen LogP contribution < -0.4 is 0 Å². The van der Waals surface area contributed by atoms with Gasteiger partial charge in [-0.3, -0.25) is 0 Å². The number of benzene rings is 1. The van der Waals surface area contributed by atoms with Crippen LogP contribution in [-0.4, -0.2) is 30.4 Å². The van der Waals surface area contributed by atoms with E-state index in [1.165, 1.54) is 12.1 Å². The van der Waals surface area contributed by atoms with E-state index in [9.17, 15) is 13.2 Å². The third kappa shape index (κ3) is 8.50. The van der Waals surface area contributed by atoms with Crippen molar-refractivity contribution in [2.75, 3.05) is 20.8 Å². The average molecular weight is 350 g/mol. The smallest absolute Gasteiger partial charge is 0.379 e. The van der Waals surface area contributed by atoms with Gasteiger partial charge in [0.05, 0.1) is 5.56 Å². The van der Waals surface area contributed by atoms with E-state index in [1.807, 2.05) is 0 Å². The Bertz CT molecular complexity index is 437. The highest BCUT2D eigenvalue weighted by Gasteiger charge is 2.30. The highest BCUT2D eigenvalue weighted by molar-refractivity contribution is 6.36. The summed E-state index contributed by atoms with van der Waals surface area (Å²) in [6.45, 7) is 0.631. The molecule has 0 heterocycles. The Morgan fingerprint density at radius 3 is 2.26 bits per heavy atom. The Labute approximate surface area is 137 Å². The van der Waals surface area contributed by atoms with Gasteiger partial charge in [0, 0.05) is 20.8 Å². The van der Waals surface area contributed by atoms with E-state index in [-0.39, 0.29) is 0 Å². The second-order valence-electron chi connectivity index (χ2n) is 5.35. The normalized spacial score (nSPS) is 12.1. The first kappa shape index (κ1) is 20.2. The summed E-state index contributed by atoms with van der Waals surface area (Å²) in [6.07, 6.45) is 1.36. The summed E-state index contributed by atoms with van der Waals surface area (Å²) in [4.78, 5) is 0. The van der Waals surface area contributed by atoms with Gasteiger partial charge in [0.2, 0.25) is 0 Å². The van der Waals surface area contributed by atoms with Crippen LogP contribution in [0.3, 0.4) is 0 Å². The molecule has 0 bridgehead atoms. The van der Waals surface area contributed by atoms with Crippen LogP contribution in [0, 0.1) is 0 Å². The number of hydrogen-bond donors (Lipinski definition) is 0. The Kier molecular flexibility index (Phi) is 9.46. The number of rotatable bonds is 11. The van der Waals surface area contributed by atoms with Crippen molar-refractivity contribution >= 4 is 9.53 Å². The van der Waals surface area contributed by atoms with E-state index in [0.717, 1.165) is 43.7 Å². The molecule has 0 saturated carbocycles. The highest BCUT2D eigenvalue weighted by Crippen LogP contribution is 2.29. The lowest BCUT2D eigenvalue weighted by molar-refractivity contribution is -0.137. The number of unbranched alkanes of at least 4 members (excludes halogenated alkanes) is 4. The van der Waals surface area contributed by atoms with Gasteiger partial charge in [-0.1, -0.05) is 37.5 Å². The van der Waals surface area contributed by atoms with Crippen molar-refractivity contribution < 1.29 is 26.4 Å². The Hall–Kier alpha value is -0.893. The SMILES string of the molecule is CO[SiH](OC)OCCCCCCCc1cccc(C(F)(F)F)c1. The van der Waals surface area contributed by atoms with Crippen molar-refractivity contribution in [1.82, 2.24) is 0 Å². The van der Waals surface area contributed by atoms with Crippen LogP contribution in [0.25, 0.3) is 0 Å². The quantitative estimate of drug-likeness (QED) is 0.442. The first-order valence-electron chi connectivity index (χ1n) is 7.80. The van der Waals surface area contributed by atoms with Crippen molar-refractivity contribution in [3.05, 3.63) is 35.4 Å². The lowest BCUT2D eigenvalue weighted by Gasteiger charge is -2.11. The number of aryl methyl sites for hydroxylation is 1. The molecular weight excluding hydrogens is 325 g/mol. The van der Waals surface area contributed by atoms with Gasteiger partial charge in [0.1, 0.15) is 0 Å².